The molecule has 15 heavy (non-hydrogen) atoms. The molecule has 1 amide bonds. The van der Waals surface area contributed by atoms with Crippen LogP contribution < -0.4 is 5.32 Å². The van der Waals surface area contributed by atoms with Crippen LogP contribution in [0.1, 0.15) is 27.2 Å². The standard InChI is InChI=1S/C10H19NO3S/c1-5-7(6-15-4)11-8(12)10(2,3)9(13)14/h7H,5-6H2,1-4H3,(H,11,12)(H,13,14). The van der Waals surface area contributed by atoms with Crippen LogP contribution in [0.4, 0.5) is 0 Å². The van der Waals surface area contributed by atoms with Gasteiger partial charge in [-0.2, -0.15) is 11.8 Å². The number of rotatable bonds is 6. The van der Waals surface area contributed by atoms with Crippen molar-refractivity contribution >= 4 is 23.6 Å². The molecule has 1 atom stereocenters. The van der Waals surface area contributed by atoms with Crippen LogP contribution in [0, 0.1) is 5.41 Å². The topological polar surface area (TPSA) is 66.4 Å². The Morgan fingerprint density at radius 1 is 1.47 bits per heavy atom. The number of hydrogen-bond acceptors (Lipinski definition) is 3. The van der Waals surface area contributed by atoms with Gasteiger partial charge in [-0.25, -0.2) is 0 Å². The molecule has 0 bridgehead atoms. The van der Waals surface area contributed by atoms with Crippen LogP contribution in [0.5, 0.6) is 0 Å². The van der Waals surface area contributed by atoms with Crippen LogP contribution in [-0.4, -0.2) is 35.0 Å². The summed E-state index contributed by atoms with van der Waals surface area (Å²) in [6.45, 7) is 4.79. The fourth-order valence-electron chi connectivity index (χ4n) is 0.926. The van der Waals surface area contributed by atoms with Gasteiger partial charge in [-0.3, -0.25) is 9.59 Å². The maximum atomic E-state index is 11.6. The summed E-state index contributed by atoms with van der Waals surface area (Å²) in [5.74, 6) is -0.715. The van der Waals surface area contributed by atoms with E-state index in [0.29, 0.717) is 0 Å². The molecule has 4 nitrogen and oxygen atoms in total. The number of carboxylic acids is 1. The van der Waals surface area contributed by atoms with Gasteiger partial charge in [-0.15, -0.1) is 0 Å². The van der Waals surface area contributed by atoms with E-state index in [-0.39, 0.29) is 6.04 Å². The summed E-state index contributed by atoms with van der Waals surface area (Å²) in [5, 5.41) is 11.6. The Bertz CT molecular complexity index is 241. The van der Waals surface area contributed by atoms with Crippen LogP contribution in [0.15, 0.2) is 0 Å². The average Bonchev–Trinajstić information content (AvgIpc) is 2.16. The Hall–Kier alpha value is -0.710. The molecule has 0 aliphatic heterocycles. The number of hydrogen-bond donors (Lipinski definition) is 2. The van der Waals surface area contributed by atoms with Crippen molar-refractivity contribution in [2.45, 2.75) is 33.2 Å². The molecule has 0 rings (SSSR count). The van der Waals surface area contributed by atoms with E-state index in [0.717, 1.165) is 12.2 Å². The predicted molar refractivity (Wildman–Crippen MR) is 62.0 cm³/mol. The lowest BCUT2D eigenvalue weighted by Gasteiger charge is -2.23. The number of carboxylic acid groups (broad SMARTS) is 1. The molecule has 0 aromatic carbocycles. The molecule has 0 aliphatic rings. The van der Waals surface area contributed by atoms with E-state index in [4.69, 9.17) is 5.11 Å². The number of nitrogens with one attached hydrogen (secondary N) is 1. The molecular formula is C10H19NO3S. The zero-order valence-electron chi connectivity index (χ0n) is 9.66. The first-order valence-corrected chi connectivity index (χ1v) is 6.28. The van der Waals surface area contributed by atoms with E-state index in [2.05, 4.69) is 5.32 Å². The third-order valence-electron chi connectivity index (χ3n) is 2.30. The summed E-state index contributed by atoms with van der Waals surface area (Å²) in [4.78, 5) is 22.5. The summed E-state index contributed by atoms with van der Waals surface area (Å²) in [6, 6.07) is 0.0473. The van der Waals surface area contributed by atoms with Gasteiger partial charge in [0.05, 0.1) is 0 Å². The van der Waals surface area contributed by atoms with Crippen molar-refractivity contribution in [1.29, 1.82) is 0 Å². The van der Waals surface area contributed by atoms with Crippen molar-refractivity contribution in [3.63, 3.8) is 0 Å². The van der Waals surface area contributed by atoms with Crippen LogP contribution in [0.2, 0.25) is 0 Å². The van der Waals surface area contributed by atoms with Crippen molar-refractivity contribution in [1.82, 2.24) is 5.32 Å². The van der Waals surface area contributed by atoms with Gasteiger partial charge < -0.3 is 10.4 Å². The van der Waals surface area contributed by atoms with Crippen molar-refractivity contribution < 1.29 is 14.7 Å². The van der Waals surface area contributed by atoms with Gasteiger partial charge in [0.15, 0.2) is 0 Å². The number of aliphatic carboxylic acids is 1. The Kier molecular flexibility index (Phi) is 5.72. The van der Waals surface area contributed by atoms with Crippen LogP contribution >= 0.6 is 11.8 Å². The fraction of sp³-hybridized carbons (Fsp3) is 0.800. The first kappa shape index (κ1) is 14.3. The summed E-state index contributed by atoms with van der Waals surface area (Å²) in [6.07, 6.45) is 2.76. The van der Waals surface area contributed by atoms with Crippen molar-refractivity contribution in [3.05, 3.63) is 0 Å². The molecule has 0 heterocycles. The number of carbonyl (C=O) groups excluding carboxylic acids is 1. The van der Waals surface area contributed by atoms with E-state index >= 15 is 0 Å². The molecule has 0 aromatic heterocycles. The summed E-state index contributed by atoms with van der Waals surface area (Å²) < 4.78 is 0. The van der Waals surface area contributed by atoms with Crippen molar-refractivity contribution in [2.75, 3.05) is 12.0 Å². The first-order chi connectivity index (χ1) is 6.86. The van der Waals surface area contributed by atoms with Gasteiger partial charge >= 0.3 is 5.97 Å². The zero-order chi connectivity index (χ0) is 12.1. The molecule has 5 heteroatoms. The summed E-state index contributed by atoms with van der Waals surface area (Å²) in [7, 11) is 0. The second-order valence-corrected chi connectivity index (χ2v) is 4.87. The lowest BCUT2D eigenvalue weighted by atomic mass is 9.92. The van der Waals surface area contributed by atoms with E-state index in [1.807, 2.05) is 13.2 Å². The minimum absolute atomic E-state index is 0.0473. The maximum absolute atomic E-state index is 11.6. The van der Waals surface area contributed by atoms with Crippen LogP contribution in [-0.2, 0) is 9.59 Å². The second kappa shape index (κ2) is 6.00. The third-order valence-corrected chi connectivity index (χ3v) is 3.03. The number of thioether (sulfide) groups is 1. The SMILES string of the molecule is CCC(CSC)NC(=O)C(C)(C)C(=O)O. The van der Waals surface area contributed by atoms with E-state index in [1.165, 1.54) is 13.8 Å². The Morgan fingerprint density at radius 2 is 2.00 bits per heavy atom. The lowest BCUT2D eigenvalue weighted by Crippen LogP contribution is -2.47. The molecule has 0 aliphatic carbocycles. The second-order valence-electron chi connectivity index (χ2n) is 3.96. The number of carbonyl (C=O) groups is 2. The molecule has 1 unspecified atom stereocenters. The molecule has 0 aromatic rings. The normalized spacial score (nSPS) is 13.3. The van der Waals surface area contributed by atoms with Gasteiger partial charge in [0.2, 0.25) is 5.91 Å². The number of amides is 1. The highest BCUT2D eigenvalue weighted by molar-refractivity contribution is 7.98. The van der Waals surface area contributed by atoms with E-state index in [1.54, 1.807) is 11.8 Å². The average molecular weight is 233 g/mol. The molecule has 0 saturated heterocycles. The third kappa shape index (κ3) is 4.11. The maximum Gasteiger partial charge on any atom is 0.318 e. The predicted octanol–water partition coefficient (Wildman–Crippen LogP) is 1.35. The van der Waals surface area contributed by atoms with Gasteiger partial charge in [-0.1, -0.05) is 6.92 Å². The van der Waals surface area contributed by atoms with E-state index < -0.39 is 17.3 Å². The Labute approximate surface area is 94.8 Å². The summed E-state index contributed by atoms with van der Waals surface area (Å²) in [5.41, 5.74) is -1.36. The lowest BCUT2D eigenvalue weighted by molar-refractivity contribution is -0.153. The van der Waals surface area contributed by atoms with Gasteiger partial charge in [0.1, 0.15) is 5.41 Å². The molecule has 88 valence electrons. The van der Waals surface area contributed by atoms with Crippen molar-refractivity contribution in [2.24, 2.45) is 5.41 Å². The quantitative estimate of drug-likeness (QED) is 0.680. The largest absolute Gasteiger partial charge is 0.480 e. The summed E-state index contributed by atoms with van der Waals surface area (Å²) >= 11 is 1.63. The van der Waals surface area contributed by atoms with Crippen LogP contribution in [0.3, 0.4) is 0 Å². The Balaban J connectivity index is 4.40. The van der Waals surface area contributed by atoms with E-state index in [9.17, 15) is 9.59 Å². The molecular weight excluding hydrogens is 214 g/mol. The zero-order valence-corrected chi connectivity index (χ0v) is 10.5. The van der Waals surface area contributed by atoms with Crippen molar-refractivity contribution in [3.8, 4) is 0 Å². The van der Waals surface area contributed by atoms with Gasteiger partial charge in [-0.05, 0) is 26.5 Å². The van der Waals surface area contributed by atoms with Gasteiger partial charge in [0.25, 0.3) is 0 Å². The minimum Gasteiger partial charge on any atom is -0.480 e. The van der Waals surface area contributed by atoms with Gasteiger partial charge in [0, 0.05) is 11.8 Å². The van der Waals surface area contributed by atoms with Crippen LogP contribution in [0.25, 0.3) is 0 Å². The Morgan fingerprint density at radius 3 is 2.33 bits per heavy atom. The highest BCUT2D eigenvalue weighted by Crippen LogP contribution is 2.16. The molecule has 0 saturated carbocycles. The molecule has 0 spiro atoms. The highest BCUT2D eigenvalue weighted by atomic mass is 32.2. The molecule has 0 fully saturated rings. The monoisotopic (exact) mass is 233 g/mol. The fourth-order valence-corrected chi connectivity index (χ4v) is 1.65. The molecule has 2 N–H and O–H groups in total. The molecule has 0 radical (unpaired) electrons. The smallest absolute Gasteiger partial charge is 0.318 e. The first-order valence-electron chi connectivity index (χ1n) is 4.89. The minimum atomic E-state index is -1.36. The highest BCUT2D eigenvalue weighted by Gasteiger charge is 2.36.